The Balaban J connectivity index is 1.13. The van der Waals surface area contributed by atoms with Crippen LogP contribution in [0.25, 0.3) is 0 Å². The van der Waals surface area contributed by atoms with Gasteiger partial charge in [-0.3, -0.25) is 9.59 Å². The van der Waals surface area contributed by atoms with Gasteiger partial charge in [-0.15, -0.1) is 0 Å². The summed E-state index contributed by atoms with van der Waals surface area (Å²) in [6.07, 6.45) is 7.58. The van der Waals surface area contributed by atoms with Crippen LogP contribution in [0.15, 0.2) is 30.3 Å². The minimum atomic E-state index is -0.133. The monoisotopic (exact) mass is 395 g/mol. The first kappa shape index (κ1) is 19.1. The van der Waals surface area contributed by atoms with Crippen LogP contribution in [0.1, 0.15) is 56.4 Å². The average Bonchev–Trinajstić information content (AvgIpc) is 3.09. The summed E-state index contributed by atoms with van der Waals surface area (Å²) in [6.45, 7) is 1.72. The number of hydrogen-bond acceptors (Lipinski definition) is 3. The van der Waals surface area contributed by atoms with Gasteiger partial charge in [-0.25, -0.2) is 0 Å². The first-order chi connectivity index (χ1) is 14.0. The molecule has 6 rings (SSSR count). The fraction of sp³-hybridized carbons (Fsp3) is 0.667. The highest BCUT2D eigenvalue weighted by molar-refractivity contribution is 5.84. The quantitative estimate of drug-likeness (QED) is 0.805. The molecule has 0 aromatic heterocycles. The Hall–Kier alpha value is -1.88. The third-order valence-electron chi connectivity index (χ3n) is 8.09. The molecule has 4 saturated carbocycles. The van der Waals surface area contributed by atoms with Crippen LogP contribution < -0.4 is 11.1 Å². The molecule has 29 heavy (non-hydrogen) atoms. The third kappa shape index (κ3) is 3.58. The first-order valence-corrected chi connectivity index (χ1v) is 11.4. The summed E-state index contributed by atoms with van der Waals surface area (Å²) in [7, 11) is 0. The predicted molar refractivity (Wildman–Crippen MR) is 112 cm³/mol. The highest BCUT2D eigenvalue weighted by Crippen LogP contribution is 2.60. The molecule has 1 heterocycles. The zero-order valence-corrected chi connectivity index (χ0v) is 17.2. The van der Waals surface area contributed by atoms with Crippen molar-refractivity contribution in [2.24, 2.45) is 28.9 Å². The van der Waals surface area contributed by atoms with Gasteiger partial charge < -0.3 is 16.0 Å². The van der Waals surface area contributed by atoms with Gasteiger partial charge in [0.25, 0.3) is 0 Å². The van der Waals surface area contributed by atoms with E-state index in [4.69, 9.17) is 5.73 Å². The number of rotatable bonds is 5. The molecule has 1 saturated heterocycles. The zero-order valence-electron chi connectivity index (χ0n) is 17.2. The number of benzene rings is 1. The van der Waals surface area contributed by atoms with Gasteiger partial charge in [0.2, 0.25) is 11.8 Å². The zero-order chi connectivity index (χ0) is 20.0. The number of nitrogens with two attached hydrogens (primary N) is 1. The van der Waals surface area contributed by atoms with E-state index in [1.165, 1.54) is 24.8 Å². The fourth-order valence-corrected chi connectivity index (χ4v) is 7.10. The minimum Gasteiger partial charge on any atom is -0.355 e. The third-order valence-corrected chi connectivity index (χ3v) is 8.09. The molecule has 1 aromatic carbocycles. The van der Waals surface area contributed by atoms with E-state index in [0.717, 1.165) is 37.0 Å². The van der Waals surface area contributed by atoms with Gasteiger partial charge in [0.05, 0.1) is 0 Å². The van der Waals surface area contributed by atoms with Gasteiger partial charge in [-0.05, 0) is 61.8 Å². The van der Waals surface area contributed by atoms with Crippen LogP contribution in [0.5, 0.6) is 0 Å². The SMILES string of the molecule is N[C@@H]1CN(C(=O)CCNC(=O)C23CC4CC(CC(C4)C2)C3)C[C@H]1c1ccccc1. The molecule has 0 unspecified atom stereocenters. The van der Waals surface area contributed by atoms with Crippen molar-refractivity contribution >= 4 is 11.8 Å². The summed E-state index contributed by atoms with van der Waals surface area (Å²) in [5.74, 6) is 2.79. The average molecular weight is 396 g/mol. The molecule has 3 N–H and O–H groups in total. The van der Waals surface area contributed by atoms with Crippen molar-refractivity contribution in [1.82, 2.24) is 10.2 Å². The molecule has 4 aliphatic carbocycles. The van der Waals surface area contributed by atoms with E-state index in [2.05, 4.69) is 17.4 Å². The Morgan fingerprint density at radius 1 is 1.00 bits per heavy atom. The lowest BCUT2D eigenvalue weighted by molar-refractivity contribution is -0.146. The Kier molecular flexibility index (Phi) is 4.89. The number of nitrogens with one attached hydrogen (secondary N) is 1. The minimum absolute atomic E-state index is 0.0250. The number of carbonyl (C=O) groups excluding carboxylic acids is 2. The van der Waals surface area contributed by atoms with Crippen LogP contribution in [0.3, 0.4) is 0 Å². The summed E-state index contributed by atoms with van der Waals surface area (Å²) in [5, 5.41) is 3.13. The summed E-state index contributed by atoms with van der Waals surface area (Å²) < 4.78 is 0. The van der Waals surface area contributed by atoms with Crippen molar-refractivity contribution < 1.29 is 9.59 Å². The first-order valence-electron chi connectivity index (χ1n) is 11.4. The summed E-state index contributed by atoms with van der Waals surface area (Å²) >= 11 is 0. The van der Waals surface area contributed by atoms with Crippen LogP contribution in [-0.2, 0) is 9.59 Å². The second-order valence-electron chi connectivity index (χ2n) is 10.2. The highest BCUT2D eigenvalue weighted by atomic mass is 16.2. The normalized spacial score (nSPS) is 37.7. The van der Waals surface area contributed by atoms with E-state index in [-0.39, 0.29) is 29.2 Å². The van der Waals surface area contributed by atoms with E-state index in [1.807, 2.05) is 23.1 Å². The molecular weight excluding hydrogens is 362 g/mol. The van der Waals surface area contributed by atoms with Crippen LogP contribution in [0.2, 0.25) is 0 Å². The second-order valence-corrected chi connectivity index (χ2v) is 10.2. The lowest BCUT2D eigenvalue weighted by Crippen LogP contribution is -2.53. The van der Waals surface area contributed by atoms with Crippen molar-refractivity contribution in [1.29, 1.82) is 0 Å². The number of likely N-dealkylation sites (tertiary alicyclic amines) is 1. The number of amides is 2. The highest BCUT2D eigenvalue weighted by Gasteiger charge is 2.54. The molecule has 5 nitrogen and oxygen atoms in total. The molecule has 0 radical (unpaired) electrons. The Bertz CT molecular complexity index is 742. The van der Waals surface area contributed by atoms with E-state index in [1.54, 1.807) is 0 Å². The van der Waals surface area contributed by atoms with Crippen LogP contribution in [0.4, 0.5) is 0 Å². The van der Waals surface area contributed by atoms with Crippen molar-refractivity contribution in [3.8, 4) is 0 Å². The maximum atomic E-state index is 13.0. The topological polar surface area (TPSA) is 75.4 Å². The lowest BCUT2D eigenvalue weighted by Gasteiger charge is -2.55. The van der Waals surface area contributed by atoms with Crippen molar-refractivity contribution in [3.63, 3.8) is 0 Å². The maximum Gasteiger partial charge on any atom is 0.226 e. The Morgan fingerprint density at radius 2 is 1.62 bits per heavy atom. The number of nitrogens with zero attached hydrogens (tertiary/aromatic N) is 1. The van der Waals surface area contributed by atoms with E-state index in [9.17, 15) is 9.59 Å². The van der Waals surface area contributed by atoms with Gasteiger partial charge in [-0.2, -0.15) is 0 Å². The molecule has 5 heteroatoms. The van der Waals surface area contributed by atoms with E-state index < -0.39 is 0 Å². The second kappa shape index (κ2) is 7.42. The molecule has 1 aromatic rings. The largest absolute Gasteiger partial charge is 0.355 e. The van der Waals surface area contributed by atoms with Crippen molar-refractivity contribution in [2.45, 2.75) is 56.9 Å². The molecule has 1 aliphatic heterocycles. The standard InChI is InChI=1S/C24H33N3O2/c25-21-15-27(14-20(21)19-4-2-1-3-5-19)22(28)6-7-26-23(29)24-11-16-8-17(12-24)10-18(9-16)13-24/h1-5,16-18,20-21H,6-15,25H2,(H,26,29)/t16?,17?,18?,20-,21+,24?/m0/s1. The van der Waals surface area contributed by atoms with Crippen molar-refractivity contribution in [3.05, 3.63) is 35.9 Å². The van der Waals surface area contributed by atoms with Gasteiger partial charge in [0.1, 0.15) is 0 Å². The molecule has 4 bridgehead atoms. The maximum absolute atomic E-state index is 13.0. The van der Waals surface area contributed by atoms with E-state index >= 15 is 0 Å². The summed E-state index contributed by atoms with van der Waals surface area (Å²) in [4.78, 5) is 27.6. The molecule has 5 aliphatic rings. The fourth-order valence-electron chi connectivity index (χ4n) is 7.10. The van der Waals surface area contributed by atoms with Gasteiger partial charge in [-0.1, -0.05) is 30.3 Å². The Labute approximate surface area is 173 Å². The van der Waals surface area contributed by atoms with Crippen LogP contribution in [0, 0.1) is 23.2 Å². The van der Waals surface area contributed by atoms with Crippen molar-refractivity contribution in [2.75, 3.05) is 19.6 Å². The lowest BCUT2D eigenvalue weighted by atomic mass is 9.49. The van der Waals surface area contributed by atoms with E-state index in [0.29, 0.717) is 26.1 Å². The van der Waals surface area contributed by atoms with Crippen LogP contribution in [-0.4, -0.2) is 42.4 Å². The van der Waals surface area contributed by atoms with Gasteiger partial charge in [0.15, 0.2) is 0 Å². The number of hydrogen-bond donors (Lipinski definition) is 2. The molecule has 0 spiro atoms. The molecule has 2 amide bonds. The smallest absolute Gasteiger partial charge is 0.226 e. The Morgan fingerprint density at radius 3 is 2.24 bits per heavy atom. The van der Waals surface area contributed by atoms with Gasteiger partial charge in [0, 0.05) is 43.4 Å². The molecule has 156 valence electrons. The molecular formula is C24H33N3O2. The number of carbonyl (C=O) groups is 2. The molecule has 5 fully saturated rings. The molecule has 2 atom stereocenters. The van der Waals surface area contributed by atoms with Crippen LogP contribution >= 0.6 is 0 Å². The summed E-state index contributed by atoms with van der Waals surface area (Å²) in [5.41, 5.74) is 7.39. The predicted octanol–water partition coefficient (Wildman–Crippen LogP) is 2.66. The summed E-state index contributed by atoms with van der Waals surface area (Å²) in [6, 6.07) is 10.2. The van der Waals surface area contributed by atoms with Gasteiger partial charge >= 0.3 is 0 Å².